The molecule has 0 spiro atoms. The molecule has 1 aromatic carbocycles. The molecule has 0 fully saturated rings. The second-order valence-corrected chi connectivity index (χ2v) is 4.07. The van der Waals surface area contributed by atoms with E-state index >= 15 is 0 Å². The number of nitrogens with one attached hydrogen (secondary N) is 1. The second-order valence-electron chi connectivity index (χ2n) is 4.07. The highest BCUT2D eigenvalue weighted by molar-refractivity contribution is 5.94. The van der Waals surface area contributed by atoms with Gasteiger partial charge in [-0.2, -0.15) is 0 Å². The van der Waals surface area contributed by atoms with Gasteiger partial charge in [0.25, 0.3) is 0 Å². The summed E-state index contributed by atoms with van der Waals surface area (Å²) in [6.07, 6.45) is 0.790. The van der Waals surface area contributed by atoms with Crippen molar-refractivity contribution in [2.45, 2.75) is 26.3 Å². The van der Waals surface area contributed by atoms with E-state index in [0.717, 1.165) is 12.5 Å². The molecule has 4 nitrogen and oxygen atoms in total. The lowest BCUT2D eigenvalue weighted by molar-refractivity contribution is -0.118. The predicted molar refractivity (Wildman–Crippen MR) is 64.1 cm³/mol. The summed E-state index contributed by atoms with van der Waals surface area (Å²) in [6.45, 7) is 3.82. The Morgan fingerprint density at radius 2 is 2.24 bits per heavy atom. The van der Waals surface area contributed by atoms with E-state index in [-0.39, 0.29) is 17.5 Å². The summed E-state index contributed by atoms with van der Waals surface area (Å²) in [5.41, 5.74) is 6.01. The summed E-state index contributed by atoms with van der Waals surface area (Å²) < 4.78 is 13.0. The monoisotopic (exact) mass is 240 g/mol. The van der Waals surface area contributed by atoms with Crippen molar-refractivity contribution in [3.05, 3.63) is 24.0 Å². The molecule has 0 heterocycles. The van der Waals surface area contributed by atoms with E-state index in [4.69, 9.17) is 10.8 Å². The third kappa shape index (κ3) is 3.42. The molecule has 2 atom stereocenters. The van der Waals surface area contributed by atoms with Crippen molar-refractivity contribution in [2.75, 3.05) is 5.32 Å². The number of aromatic hydroxyl groups is 1. The number of halogens is 1. The van der Waals surface area contributed by atoms with Gasteiger partial charge in [0.1, 0.15) is 0 Å². The molecule has 0 aliphatic rings. The largest absolute Gasteiger partial charge is 0.505 e. The van der Waals surface area contributed by atoms with Gasteiger partial charge < -0.3 is 16.2 Å². The minimum Gasteiger partial charge on any atom is -0.505 e. The molecular weight excluding hydrogens is 223 g/mol. The molecule has 4 N–H and O–H groups in total. The van der Waals surface area contributed by atoms with E-state index in [2.05, 4.69) is 5.32 Å². The average Bonchev–Trinajstić information content (AvgIpc) is 2.31. The maximum Gasteiger partial charge on any atom is 0.241 e. The van der Waals surface area contributed by atoms with Gasteiger partial charge in [-0.25, -0.2) is 4.39 Å². The first-order valence-corrected chi connectivity index (χ1v) is 5.50. The predicted octanol–water partition coefficient (Wildman–Crippen LogP) is 1.84. The Morgan fingerprint density at radius 3 is 2.76 bits per heavy atom. The molecule has 1 amide bonds. The van der Waals surface area contributed by atoms with Gasteiger partial charge >= 0.3 is 0 Å². The quantitative estimate of drug-likeness (QED) is 0.703. The van der Waals surface area contributed by atoms with E-state index in [1.54, 1.807) is 0 Å². The smallest absolute Gasteiger partial charge is 0.241 e. The van der Waals surface area contributed by atoms with Crippen molar-refractivity contribution in [1.29, 1.82) is 0 Å². The topological polar surface area (TPSA) is 75.4 Å². The lowest BCUT2D eigenvalue weighted by Crippen LogP contribution is -2.40. The molecule has 0 aliphatic heterocycles. The van der Waals surface area contributed by atoms with Crippen LogP contribution in [-0.2, 0) is 4.79 Å². The first kappa shape index (κ1) is 13.4. The molecule has 0 saturated carbocycles. The van der Waals surface area contributed by atoms with Crippen LogP contribution >= 0.6 is 0 Å². The minimum atomic E-state index is -0.778. The highest BCUT2D eigenvalue weighted by Crippen LogP contribution is 2.19. The van der Waals surface area contributed by atoms with Crippen LogP contribution in [-0.4, -0.2) is 17.1 Å². The Balaban J connectivity index is 2.71. The van der Waals surface area contributed by atoms with Crippen LogP contribution in [0.25, 0.3) is 0 Å². The van der Waals surface area contributed by atoms with Gasteiger partial charge in [-0.3, -0.25) is 4.79 Å². The Kier molecular flexibility index (Phi) is 4.45. The number of benzene rings is 1. The zero-order chi connectivity index (χ0) is 13.0. The number of amides is 1. The Hall–Kier alpha value is -1.62. The fraction of sp³-hybridized carbons (Fsp3) is 0.417. The van der Waals surface area contributed by atoms with Crippen LogP contribution < -0.4 is 11.1 Å². The zero-order valence-corrected chi connectivity index (χ0v) is 9.90. The summed E-state index contributed by atoms with van der Waals surface area (Å²) in [5.74, 6) is -1.53. The Bertz CT molecular complexity index is 409. The van der Waals surface area contributed by atoms with Gasteiger partial charge in [0.2, 0.25) is 5.91 Å². The number of hydrogen-bond acceptors (Lipinski definition) is 3. The first-order valence-electron chi connectivity index (χ1n) is 5.50. The second kappa shape index (κ2) is 5.63. The van der Waals surface area contributed by atoms with Crippen molar-refractivity contribution in [3.63, 3.8) is 0 Å². The van der Waals surface area contributed by atoms with Crippen molar-refractivity contribution in [2.24, 2.45) is 11.7 Å². The van der Waals surface area contributed by atoms with Crippen molar-refractivity contribution < 1.29 is 14.3 Å². The highest BCUT2D eigenvalue weighted by atomic mass is 19.1. The molecule has 94 valence electrons. The van der Waals surface area contributed by atoms with Crippen LogP contribution in [0.2, 0.25) is 0 Å². The van der Waals surface area contributed by atoms with Crippen LogP contribution in [0.15, 0.2) is 18.2 Å². The van der Waals surface area contributed by atoms with Crippen molar-refractivity contribution in [3.8, 4) is 5.75 Å². The fourth-order valence-corrected chi connectivity index (χ4v) is 1.32. The third-order valence-corrected chi connectivity index (χ3v) is 2.77. The zero-order valence-electron chi connectivity index (χ0n) is 9.90. The molecule has 1 unspecified atom stereocenters. The minimum absolute atomic E-state index is 0.0527. The molecule has 1 rings (SSSR count). The SMILES string of the molecule is CCC(C)[C@H](N)C(=O)Nc1ccc(O)c(F)c1. The normalized spacial score (nSPS) is 14.1. The first-order chi connectivity index (χ1) is 7.95. The Labute approximate surface area is 99.6 Å². The van der Waals surface area contributed by atoms with E-state index in [1.807, 2.05) is 13.8 Å². The number of anilines is 1. The number of phenols is 1. The highest BCUT2D eigenvalue weighted by Gasteiger charge is 2.19. The van der Waals surface area contributed by atoms with Crippen molar-refractivity contribution in [1.82, 2.24) is 0 Å². The van der Waals surface area contributed by atoms with E-state index in [9.17, 15) is 9.18 Å². The van der Waals surface area contributed by atoms with Crippen LogP contribution in [0.4, 0.5) is 10.1 Å². The number of hydrogen-bond donors (Lipinski definition) is 3. The lowest BCUT2D eigenvalue weighted by atomic mass is 9.99. The van der Waals surface area contributed by atoms with Crippen LogP contribution in [0.3, 0.4) is 0 Å². The molecular formula is C12H17FN2O2. The number of rotatable bonds is 4. The third-order valence-electron chi connectivity index (χ3n) is 2.77. The molecule has 1 aromatic rings. The van der Waals surface area contributed by atoms with Crippen LogP contribution in [0.5, 0.6) is 5.75 Å². The van der Waals surface area contributed by atoms with E-state index < -0.39 is 17.6 Å². The summed E-state index contributed by atoms with van der Waals surface area (Å²) in [4.78, 5) is 11.7. The van der Waals surface area contributed by atoms with E-state index in [0.29, 0.717) is 0 Å². The fourth-order valence-electron chi connectivity index (χ4n) is 1.32. The van der Waals surface area contributed by atoms with Crippen LogP contribution in [0.1, 0.15) is 20.3 Å². The molecule has 0 bridgehead atoms. The average molecular weight is 240 g/mol. The molecule has 0 aliphatic carbocycles. The molecule has 0 radical (unpaired) electrons. The van der Waals surface area contributed by atoms with Gasteiger partial charge in [0, 0.05) is 11.8 Å². The van der Waals surface area contributed by atoms with Gasteiger partial charge in [-0.15, -0.1) is 0 Å². The number of carbonyl (C=O) groups is 1. The van der Waals surface area contributed by atoms with Crippen molar-refractivity contribution >= 4 is 11.6 Å². The number of carbonyl (C=O) groups excluding carboxylic acids is 1. The van der Waals surface area contributed by atoms with E-state index in [1.165, 1.54) is 12.1 Å². The lowest BCUT2D eigenvalue weighted by Gasteiger charge is -2.17. The maximum atomic E-state index is 13.0. The summed E-state index contributed by atoms with van der Waals surface area (Å²) in [5, 5.41) is 11.5. The molecule has 0 aromatic heterocycles. The van der Waals surface area contributed by atoms with Gasteiger partial charge in [0.05, 0.1) is 6.04 Å². The summed E-state index contributed by atoms with van der Waals surface area (Å²) in [7, 11) is 0. The van der Waals surface area contributed by atoms with Gasteiger partial charge in [-0.1, -0.05) is 20.3 Å². The summed E-state index contributed by atoms with van der Waals surface area (Å²) in [6, 6.07) is 3.02. The molecule has 5 heteroatoms. The number of nitrogens with two attached hydrogens (primary N) is 1. The number of phenolic OH excluding ortho intramolecular Hbond substituents is 1. The summed E-state index contributed by atoms with van der Waals surface area (Å²) >= 11 is 0. The molecule has 0 saturated heterocycles. The van der Waals surface area contributed by atoms with Gasteiger partial charge in [-0.05, 0) is 18.1 Å². The van der Waals surface area contributed by atoms with Crippen LogP contribution in [0, 0.1) is 11.7 Å². The Morgan fingerprint density at radius 1 is 1.59 bits per heavy atom. The maximum absolute atomic E-state index is 13.0. The van der Waals surface area contributed by atoms with Gasteiger partial charge in [0.15, 0.2) is 11.6 Å². The standard InChI is InChI=1S/C12H17FN2O2/c1-3-7(2)11(14)12(17)15-8-4-5-10(16)9(13)6-8/h4-7,11,16H,3,14H2,1-2H3,(H,15,17)/t7?,11-/m0/s1. The molecule has 17 heavy (non-hydrogen) atoms.